The number of aromatic hydroxyl groups is 1. The van der Waals surface area contributed by atoms with Gasteiger partial charge >= 0.3 is 0 Å². The van der Waals surface area contributed by atoms with E-state index in [2.05, 4.69) is 4.98 Å². The van der Waals surface area contributed by atoms with Crippen LogP contribution in [0, 0.1) is 0 Å². The molecule has 6 heteroatoms. The number of hydrogen-bond acceptors (Lipinski definition) is 4. The van der Waals surface area contributed by atoms with Gasteiger partial charge in [-0.1, -0.05) is 48.5 Å². The first kappa shape index (κ1) is 21.3. The molecule has 1 amide bonds. The number of para-hydroxylation sites is 1. The molecule has 1 heterocycles. The zero-order chi connectivity index (χ0) is 22.7. The molecule has 4 rings (SSSR count). The van der Waals surface area contributed by atoms with Gasteiger partial charge in [0.05, 0.1) is 23.5 Å². The molecule has 3 aromatic carbocycles. The molecule has 162 valence electrons. The zero-order valence-electron chi connectivity index (χ0n) is 18.4. The molecule has 0 fully saturated rings. The van der Waals surface area contributed by atoms with E-state index in [4.69, 9.17) is 4.99 Å². The third-order valence-electron chi connectivity index (χ3n) is 5.27. The molecule has 4 aromatic rings. The first-order valence-corrected chi connectivity index (χ1v) is 10.4. The predicted molar refractivity (Wildman–Crippen MR) is 130 cm³/mol. The number of nitrogens with zero attached hydrogens (tertiary/aromatic N) is 3. The minimum absolute atomic E-state index is 0.0138. The Labute approximate surface area is 187 Å². The predicted octanol–water partition coefficient (Wildman–Crippen LogP) is 4.57. The van der Waals surface area contributed by atoms with Crippen molar-refractivity contribution >= 4 is 33.9 Å². The minimum atomic E-state index is 0.0138. The summed E-state index contributed by atoms with van der Waals surface area (Å²) in [6, 6.07) is 25.1. The summed E-state index contributed by atoms with van der Waals surface area (Å²) in [4.78, 5) is 23.8. The number of fused-ring (bicyclic) bond motifs is 1. The van der Waals surface area contributed by atoms with Crippen LogP contribution in [0.15, 0.2) is 83.9 Å². The average Bonchev–Trinajstić information content (AvgIpc) is 3.13. The number of aromatic amines is 1. The molecule has 0 radical (unpaired) electrons. The van der Waals surface area contributed by atoms with E-state index in [-0.39, 0.29) is 11.8 Å². The maximum Gasteiger partial charge on any atom is 0.240 e. The van der Waals surface area contributed by atoms with Crippen LogP contribution in [0.3, 0.4) is 0 Å². The molecule has 0 aliphatic heterocycles. The number of likely N-dealkylation sites (N-methyl/N-ethyl adjacent to an activating group) is 2. The summed E-state index contributed by atoms with van der Waals surface area (Å²) in [5, 5.41) is 11.6. The fraction of sp³-hybridized carbons (Fsp3) is 0.154. The SMILES string of the molecule is CN(C)CC(=O)N(C)c1ccc(N=C(c2ccccc2)c2c(O)[nH]c3ccccc23)cc1. The number of benzene rings is 3. The van der Waals surface area contributed by atoms with E-state index in [1.807, 2.05) is 97.9 Å². The van der Waals surface area contributed by atoms with E-state index >= 15 is 0 Å². The monoisotopic (exact) mass is 426 g/mol. The lowest BCUT2D eigenvalue weighted by Gasteiger charge is -2.19. The molecule has 0 saturated carbocycles. The smallest absolute Gasteiger partial charge is 0.240 e. The highest BCUT2D eigenvalue weighted by Crippen LogP contribution is 2.31. The van der Waals surface area contributed by atoms with Crippen LogP contribution in [0.4, 0.5) is 11.4 Å². The number of H-pyrrole nitrogens is 1. The van der Waals surface area contributed by atoms with Crippen LogP contribution in [0.2, 0.25) is 0 Å². The Balaban J connectivity index is 1.75. The minimum Gasteiger partial charge on any atom is -0.494 e. The Bertz CT molecular complexity index is 1260. The van der Waals surface area contributed by atoms with Gasteiger partial charge in [0.15, 0.2) is 5.88 Å². The normalized spacial score (nSPS) is 11.8. The molecule has 32 heavy (non-hydrogen) atoms. The molecule has 0 spiro atoms. The maximum absolute atomic E-state index is 12.3. The molecule has 1 aromatic heterocycles. The van der Waals surface area contributed by atoms with Crippen molar-refractivity contribution in [3.63, 3.8) is 0 Å². The van der Waals surface area contributed by atoms with Gasteiger partial charge in [-0.3, -0.25) is 4.79 Å². The van der Waals surface area contributed by atoms with E-state index in [1.165, 1.54) is 0 Å². The molecule has 2 N–H and O–H groups in total. The lowest BCUT2D eigenvalue weighted by Crippen LogP contribution is -2.34. The Morgan fingerprint density at radius 3 is 2.25 bits per heavy atom. The third-order valence-corrected chi connectivity index (χ3v) is 5.27. The molecule has 6 nitrogen and oxygen atoms in total. The van der Waals surface area contributed by atoms with E-state index in [9.17, 15) is 9.90 Å². The van der Waals surface area contributed by atoms with Crippen LogP contribution in [0.1, 0.15) is 11.1 Å². The average molecular weight is 427 g/mol. The van der Waals surface area contributed by atoms with Gasteiger partial charge in [0.25, 0.3) is 0 Å². The highest BCUT2D eigenvalue weighted by atomic mass is 16.3. The Morgan fingerprint density at radius 1 is 0.906 bits per heavy atom. The summed E-state index contributed by atoms with van der Waals surface area (Å²) in [5.74, 6) is 0.0966. The number of anilines is 1. The van der Waals surface area contributed by atoms with Crippen molar-refractivity contribution in [2.75, 3.05) is 32.6 Å². The lowest BCUT2D eigenvalue weighted by molar-refractivity contribution is -0.118. The first-order chi connectivity index (χ1) is 15.4. The van der Waals surface area contributed by atoms with Crippen molar-refractivity contribution in [2.24, 2.45) is 4.99 Å². The Hall–Kier alpha value is -3.90. The zero-order valence-corrected chi connectivity index (χ0v) is 18.4. The van der Waals surface area contributed by atoms with Gasteiger partial charge in [-0.2, -0.15) is 0 Å². The Kier molecular flexibility index (Phi) is 6.05. The van der Waals surface area contributed by atoms with Gasteiger partial charge < -0.3 is 19.9 Å². The van der Waals surface area contributed by atoms with E-state index in [1.54, 1.807) is 11.9 Å². The number of rotatable bonds is 6. The van der Waals surface area contributed by atoms with Gasteiger partial charge in [-0.05, 0) is 44.4 Å². The van der Waals surface area contributed by atoms with E-state index in [0.29, 0.717) is 17.8 Å². The van der Waals surface area contributed by atoms with Gasteiger partial charge in [-0.25, -0.2) is 4.99 Å². The van der Waals surface area contributed by atoms with E-state index < -0.39 is 0 Å². The molecule has 0 unspecified atom stereocenters. The second kappa shape index (κ2) is 9.08. The van der Waals surface area contributed by atoms with Crippen molar-refractivity contribution in [1.29, 1.82) is 0 Å². The van der Waals surface area contributed by atoms with Crippen LogP contribution < -0.4 is 4.90 Å². The van der Waals surface area contributed by atoms with Crippen molar-refractivity contribution in [2.45, 2.75) is 0 Å². The van der Waals surface area contributed by atoms with Gasteiger partial charge in [-0.15, -0.1) is 0 Å². The van der Waals surface area contributed by atoms with Gasteiger partial charge in [0.1, 0.15) is 0 Å². The van der Waals surface area contributed by atoms with Crippen molar-refractivity contribution in [3.05, 3.63) is 90.0 Å². The quantitative estimate of drug-likeness (QED) is 0.444. The topological polar surface area (TPSA) is 71.9 Å². The van der Waals surface area contributed by atoms with Crippen LogP contribution >= 0.6 is 0 Å². The molecule has 0 aliphatic rings. The first-order valence-electron chi connectivity index (χ1n) is 10.4. The molecule has 0 aliphatic carbocycles. The highest BCUT2D eigenvalue weighted by molar-refractivity contribution is 6.21. The van der Waals surface area contributed by atoms with Crippen molar-refractivity contribution in [1.82, 2.24) is 9.88 Å². The fourth-order valence-corrected chi connectivity index (χ4v) is 3.63. The van der Waals surface area contributed by atoms with Crippen LogP contribution in [-0.2, 0) is 4.79 Å². The summed E-state index contributed by atoms with van der Waals surface area (Å²) < 4.78 is 0. The van der Waals surface area contributed by atoms with Gasteiger partial charge in [0, 0.05) is 29.2 Å². The standard InChI is InChI=1S/C26H26N4O2/c1-29(2)17-23(31)30(3)20-15-13-19(14-16-20)27-25(18-9-5-4-6-10-18)24-21-11-7-8-12-22(21)28-26(24)32/h4-16,28,32H,17H2,1-3H3. The summed E-state index contributed by atoms with van der Waals surface area (Å²) in [7, 11) is 5.51. The Morgan fingerprint density at radius 2 is 1.56 bits per heavy atom. The molecule has 0 atom stereocenters. The number of carbonyl (C=O) groups excluding carboxylic acids is 1. The molecule has 0 saturated heterocycles. The van der Waals surface area contributed by atoms with Gasteiger partial charge in [0.2, 0.25) is 5.91 Å². The fourth-order valence-electron chi connectivity index (χ4n) is 3.63. The molecule has 0 bridgehead atoms. The molecular weight excluding hydrogens is 400 g/mol. The van der Waals surface area contributed by atoms with Crippen LogP contribution in [-0.4, -0.2) is 54.3 Å². The number of amides is 1. The second-order valence-electron chi connectivity index (χ2n) is 7.93. The van der Waals surface area contributed by atoms with E-state index in [0.717, 1.165) is 27.8 Å². The summed E-state index contributed by atoms with van der Waals surface area (Å²) in [6.07, 6.45) is 0. The largest absolute Gasteiger partial charge is 0.494 e. The van der Waals surface area contributed by atoms with Crippen LogP contribution in [0.25, 0.3) is 10.9 Å². The molecular formula is C26H26N4O2. The second-order valence-corrected chi connectivity index (χ2v) is 7.93. The summed E-state index contributed by atoms with van der Waals surface area (Å²) >= 11 is 0. The summed E-state index contributed by atoms with van der Waals surface area (Å²) in [5.41, 5.74) is 4.60. The number of carbonyl (C=O) groups is 1. The van der Waals surface area contributed by atoms with Crippen molar-refractivity contribution in [3.8, 4) is 5.88 Å². The summed E-state index contributed by atoms with van der Waals surface area (Å²) in [6.45, 7) is 0.342. The number of aliphatic imine (C=N–C) groups is 1. The van der Waals surface area contributed by atoms with Crippen molar-refractivity contribution < 1.29 is 9.90 Å². The number of hydrogen-bond donors (Lipinski definition) is 2. The van der Waals surface area contributed by atoms with Crippen LogP contribution in [0.5, 0.6) is 5.88 Å². The number of nitrogens with one attached hydrogen (secondary N) is 1. The maximum atomic E-state index is 12.3. The third kappa shape index (κ3) is 4.40. The lowest BCUT2D eigenvalue weighted by atomic mass is 10.0. The highest BCUT2D eigenvalue weighted by Gasteiger charge is 2.18. The number of aromatic nitrogens is 1.